The molecule has 0 saturated heterocycles. The number of furan rings is 1. The molecule has 0 aliphatic heterocycles. The Hall–Kier alpha value is -1.42. The second-order valence-corrected chi connectivity index (χ2v) is 3.50. The monoisotopic (exact) mass is 251 g/mol. The van der Waals surface area contributed by atoms with Gasteiger partial charge in [0, 0.05) is 17.3 Å². The fourth-order valence-corrected chi connectivity index (χ4v) is 1.42. The first kappa shape index (κ1) is 9.15. The van der Waals surface area contributed by atoms with Crippen molar-refractivity contribution in [1.82, 2.24) is 4.98 Å². The lowest BCUT2D eigenvalue weighted by atomic mass is 10.1. The number of halogens is 1. The first-order chi connectivity index (χ1) is 6.81. The van der Waals surface area contributed by atoms with E-state index in [9.17, 15) is 4.79 Å². The largest absolute Gasteiger partial charge is 0.461 e. The van der Waals surface area contributed by atoms with Crippen LogP contribution in [0.5, 0.6) is 0 Å². The predicted octanol–water partition coefficient (Wildman–Crippen LogP) is 2.92. The number of nitrogens with zero attached hydrogens (tertiary/aromatic N) is 1. The van der Waals surface area contributed by atoms with Gasteiger partial charge < -0.3 is 4.42 Å². The van der Waals surface area contributed by atoms with Crippen molar-refractivity contribution in [3.63, 3.8) is 0 Å². The molecule has 2 rings (SSSR count). The Bertz CT molecular complexity index is 447. The van der Waals surface area contributed by atoms with Crippen LogP contribution in [0.25, 0.3) is 11.1 Å². The van der Waals surface area contributed by atoms with Gasteiger partial charge in [0.1, 0.15) is 4.60 Å². The minimum Gasteiger partial charge on any atom is -0.461 e. The van der Waals surface area contributed by atoms with Crippen LogP contribution in [0.15, 0.2) is 39.7 Å². The zero-order chi connectivity index (χ0) is 9.97. The Kier molecular flexibility index (Phi) is 2.45. The molecule has 0 aliphatic carbocycles. The summed E-state index contributed by atoms with van der Waals surface area (Å²) in [5, 5.41) is 0. The number of rotatable bonds is 2. The quantitative estimate of drug-likeness (QED) is 0.609. The molecule has 0 radical (unpaired) electrons. The number of hydrogen-bond donors (Lipinski definition) is 0. The molecule has 4 heteroatoms. The fraction of sp³-hybridized carbons (Fsp3) is 0. The van der Waals surface area contributed by atoms with Crippen LogP contribution < -0.4 is 0 Å². The van der Waals surface area contributed by atoms with Crippen LogP contribution in [0.3, 0.4) is 0 Å². The Balaban J connectivity index is 2.49. The molecule has 0 amide bonds. The first-order valence-electron chi connectivity index (χ1n) is 3.96. The van der Waals surface area contributed by atoms with Crippen molar-refractivity contribution in [1.29, 1.82) is 0 Å². The Labute approximate surface area is 88.9 Å². The average molecular weight is 252 g/mol. The van der Waals surface area contributed by atoms with Gasteiger partial charge in [-0.3, -0.25) is 4.79 Å². The van der Waals surface area contributed by atoms with E-state index in [1.54, 1.807) is 12.3 Å². The van der Waals surface area contributed by atoms with Gasteiger partial charge >= 0.3 is 0 Å². The van der Waals surface area contributed by atoms with Gasteiger partial charge in [0.05, 0.1) is 6.26 Å². The molecule has 0 fully saturated rings. The molecule has 0 N–H and O–H groups in total. The number of carbonyl (C=O) groups is 1. The van der Waals surface area contributed by atoms with E-state index >= 15 is 0 Å². The summed E-state index contributed by atoms with van der Waals surface area (Å²) in [5.41, 5.74) is 1.63. The molecule has 2 aromatic heterocycles. The molecule has 14 heavy (non-hydrogen) atoms. The molecule has 3 nitrogen and oxygen atoms in total. The third-order valence-electron chi connectivity index (χ3n) is 1.84. The topological polar surface area (TPSA) is 43.1 Å². The van der Waals surface area contributed by atoms with Crippen molar-refractivity contribution in [3.8, 4) is 11.1 Å². The summed E-state index contributed by atoms with van der Waals surface area (Å²) >= 11 is 3.24. The van der Waals surface area contributed by atoms with Crippen LogP contribution in [0.1, 0.15) is 10.6 Å². The maximum absolute atomic E-state index is 10.6. The summed E-state index contributed by atoms with van der Waals surface area (Å²) < 4.78 is 5.75. The van der Waals surface area contributed by atoms with E-state index in [2.05, 4.69) is 20.9 Å². The zero-order valence-corrected chi connectivity index (χ0v) is 8.69. The van der Waals surface area contributed by atoms with Crippen LogP contribution in [-0.4, -0.2) is 11.3 Å². The van der Waals surface area contributed by atoms with Gasteiger partial charge in [0.25, 0.3) is 0 Å². The summed E-state index contributed by atoms with van der Waals surface area (Å²) in [4.78, 5) is 14.7. The molecule has 70 valence electrons. The standard InChI is InChI=1S/C10H6BrNO2/c11-10-2-1-7(5-12-10)8-3-4-14-9(8)6-13/h1-6H. The van der Waals surface area contributed by atoms with Gasteiger partial charge in [0.15, 0.2) is 12.0 Å². The van der Waals surface area contributed by atoms with E-state index in [0.717, 1.165) is 15.7 Å². The summed E-state index contributed by atoms with van der Waals surface area (Å²) in [5.74, 6) is 0.328. The highest BCUT2D eigenvalue weighted by Crippen LogP contribution is 2.23. The molecule has 0 saturated carbocycles. The lowest BCUT2D eigenvalue weighted by molar-refractivity contribution is 0.110. The van der Waals surface area contributed by atoms with Crippen molar-refractivity contribution in [3.05, 3.63) is 41.0 Å². The average Bonchev–Trinajstić information content (AvgIpc) is 2.67. The van der Waals surface area contributed by atoms with Crippen LogP contribution >= 0.6 is 15.9 Å². The molecular weight excluding hydrogens is 246 g/mol. The maximum Gasteiger partial charge on any atom is 0.185 e. The molecule has 0 atom stereocenters. The number of pyridine rings is 1. The van der Waals surface area contributed by atoms with Gasteiger partial charge in [-0.1, -0.05) is 6.07 Å². The van der Waals surface area contributed by atoms with Crippen LogP contribution in [-0.2, 0) is 0 Å². The number of aldehydes is 1. The smallest absolute Gasteiger partial charge is 0.185 e. The lowest BCUT2D eigenvalue weighted by Gasteiger charge is -1.97. The van der Waals surface area contributed by atoms with Crippen molar-refractivity contribution in [2.24, 2.45) is 0 Å². The van der Waals surface area contributed by atoms with Crippen LogP contribution in [0.4, 0.5) is 0 Å². The third kappa shape index (κ3) is 1.61. The summed E-state index contributed by atoms with van der Waals surface area (Å²) in [7, 11) is 0. The summed E-state index contributed by atoms with van der Waals surface area (Å²) in [6, 6.07) is 5.43. The highest BCUT2D eigenvalue weighted by Gasteiger charge is 2.07. The third-order valence-corrected chi connectivity index (χ3v) is 2.31. The fourth-order valence-electron chi connectivity index (χ4n) is 1.19. The molecular formula is C10H6BrNO2. The number of aromatic nitrogens is 1. The number of carbonyl (C=O) groups excluding carboxylic acids is 1. The zero-order valence-electron chi connectivity index (χ0n) is 7.11. The van der Waals surface area contributed by atoms with Gasteiger partial charge in [-0.05, 0) is 28.1 Å². The lowest BCUT2D eigenvalue weighted by Crippen LogP contribution is -1.83. The van der Waals surface area contributed by atoms with Gasteiger partial charge in [0.2, 0.25) is 0 Å². The first-order valence-corrected chi connectivity index (χ1v) is 4.75. The molecule has 0 spiro atoms. The van der Waals surface area contributed by atoms with Crippen LogP contribution in [0.2, 0.25) is 0 Å². The summed E-state index contributed by atoms with van der Waals surface area (Å²) in [6.07, 6.45) is 3.86. The molecule has 0 aliphatic rings. The van der Waals surface area contributed by atoms with Crippen molar-refractivity contribution in [2.45, 2.75) is 0 Å². The predicted molar refractivity (Wildman–Crippen MR) is 55.0 cm³/mol. The van der Waals surface area contributed by atoms with Gasteiger partial charge in [-0.25, -0.2) is 4.98 Å². The van der Waals surface area contributed by atoms with E-state index in [0.29, 0.717) is 12.0 Å². The van der Waals surface area contributed by atoms with E-state index in [-0.39, 0.29) is 0 Å². The normalized spacial score (nSPS) is 10.1. The second kappa shape index (κ2) is 3.75. The van der Waals surface area contributed by atoms with Crippen molar-refractivity contribution < 1.29 is 9.21 Å². The molecule has 2 heterocycles. The highest BCUT2D eigenvalue weighted by molar-refractivity contribution is 9.10. The molecule has 0 unspecified atom stereocenters. The van der Waals surface area contributed by atoms with E-state index in [4.69, 9.17) is 4.42 Å². The molecule has 0 bridgehead atoms. The van der Waals surface area contributed by atoms with Crippen LogP contribution in [0, 0.1) is 0 Å². The Morgan fingerprint density at radius 1 is 1.36 bits per heavy atom. The Morgan fingerprint density at radius 2 is 2.21 bits per heavy atom. The SMILES string of the molecule is O=Cc1occc1-c1ccc(Br)nc1. The van der Waals surface area contributed by atoms with E-state index < -0.39 is 0 Å². The molecule has 0 aromatic carbocycles. The summed E-state index contributed by atoms with van der Waals surface area (Å²) in [6.45, 7) is 0. The highest BCUT2D eigenvalue weighted by atomic mass is 79.9. The Morgan fingerprint density at radius 3 is 2.86 bits per heavy atom. The van der Waals surface area contributed by atoms with E-state index in [1.807, 2.05) is 12.1 Å². The van der Waals surface area contributed by atoms with Crippen molar-refractivity contribution >= 4 is 22.2 Å². The molecule has 2 aromatic rings. The second-order valence-electron chi connectivity index (χ2n) is 2.69. The van der Waals surface area contributed by atoms with Crippen molar-refractivity contribution in [2.75, 3.05) is 0 Å². The van der Waals surface area contributed by atoms with E-state index in [1.165, 1.54) is 6.26 Å². The minimum atomic E-state index is 0.328. The minimum absolute atomic E-state index is 0.328. The van der Waals surface area contributed by atoms with Gasteiger partial charge in [-0.15, -0.1) is 0 Å². The maximum atomic E-state index is 10.6. The number of hydrogen-bond acceptors (Lipinski definition) is 3. The van der Waals surface area contributed by atoms with Gasteiger partial charge in [-0.2, -0.15) is 0 Å².